The molecule has 1 N–H and O–H groups in total. The molecule has 0 unspecified atom stereocenters. The monoisotopic (exact) mass is 315 g/mol. The van der Waals surface area contributed by atoms with Crippen LogP contribution in [0.2, 0.25) is 0 Å². The van der Waals surface area contributed by atoms with Crippen molar-refractivity contribution in [1.29, 1.82) is 0 Å². The van der Waals surface area contributed by atoms with Gasteiger partial charge in [-0.05, 0) is 31.2 Å². The largest absolute Gasteiger partial charge is 0.452 e. The highest BCUT2D eigenvalue weighted by atomic mass is 16.6. The van der Waals surface area contributed by atoms with Gasteiger partial charge in [-0.15, -0.1) is 0 Å². The van der Waals surface area contributed by atoms with E-state index in [0.717, 1.165) is 5.69 Å². The number of anilines is 1. The number of hydrogen-bond acceptors (Lipinski definition) is 6. The topological polar surface area (TPSA) is 111 Å². The summed E-state index contributed by atoms with van der Waals surface area (Å²) in [4.78, 5) is 37.5. The lowest BCUT2D eigenvalue weighted by Gasteiger charge is -2.06. The molecule has 0 aliphatic carbocycles. The van der Waals surface area contributed by atoms with Gasteiger partial charge in [-0.3, -0.25) is 14.9 Å². The molecule has 118 valence electrons. The average Bonchev–Trinajstić information content (AvgIpc) is 2.52. The Labute approximate surface area is 131 Å². The van der Waals surface area contributed by atoms with E-state index < -0.39 is 23.4 Å². The first kappa shape index (κ1) is 16.1. The maximum atomic E-state index is 11.7. The van der Waals surface area contributed by atoms with Crippen LogP contribution in [0.1, 0.15) is 16.1 Å². The van der Waals surface area contributed by atoms with E-state index in [4.69, 9.17) is 4.74 Å². The van der Waals surface area contributed by atoms with E-state index in [-0.39, 0.29) is 11.3 Å². The van der Waals surface area contributed by atoms with E-state index in [1.165, 1.54) is 24.3 Å². The number of rotatable bonds is 5. The van der Waals surface area contributed by atoms with E-state index in [1.807, 2.05) is 0 Å². The van der Waals surface area contributed by atoms with Gasteiger partial charge in [0.15, 0.2) is 6.61 Å². The summed E-state index contributed by atoms with van der Waals surface area (Å²) in [6, 6.07) is 10.0. The lowest BCUT2D eigenvalue weighted by atomic mass is 10.2. The molecule has 0 aliphatic rings. The summed E-state index contributed by atoms with van der Waals surface area (Å²) < 4.78 is 4.84. The van der Waals surface area contributed by atoms with Crippen molar-refractivity contribution in [2.24, 2.45) is 0 Å². The minimum atomic E-state index is -0.743. The Morgan fingerprint density at radius 1 is 1.22 bits per heavy atom. The summed E-state index contributed by atoms with van der Waals surface area (Å²) in [7, 11) is 0. The van der Waals surface area contributed by atoms with E-state index in [0.29, 0.717) is 5.82 Å². The second-order valence-corrected chi connectivity index (χ2v) is 4.59. The van der Waals surface area contributed by atoms with Gasteiger partial charge in [0.1, 0.15) is 5.82 Å². The van der Waals surface area contributed by atoms with Crippen LogP contribution in [0.4, 0.5) is 11.5 Å². The van der Waals surface area contributed by atoms with Crippen LogP contribution in [0, 0.1) is 17.0 Å². The third kappa shape index (κ3) is 4.60. The van der Waals surface area contributed by atoms with Crippen molar-refractivity contribution >= 4 is 23.4 Å². The summed E-state index contributed by atoms with van der Waals surface area (Å²) in [5, 5.41) is 13.0. The molecule has 0 saturated carbocycles. The van der Waals surface area contributed by atoms with Gasteiger partial charge in [0, 0.05) is 17.8 Å². The number of amides is 1. The molecule has 1 amide bonds. The van der Waals surface area contributed by atoms with E-state index in [2.05, 4.69) is 10.3 Å². The molecule has 0 aliphatic heterocycles. The van der Waals surface area contributed by atoms with Crippen molar-refractivity contribution in [3.05, 3.63) is 63.8 Å². The van der Waals surface area contributed by atoms with Crippen LogP contribution in [0.15, 0.2) is 42.5 Å². The standard InChI is InChI=1S/C15H13N3O5/c1-10-3-2-4-13(16-10)17-14(19)9-23-15(20)11-5-7-12(8-6-11)18(21)22/h2-8H,9H2,1H3,(H,16,17,19). The van der Waals surface area contributed by atoms with Crippen LogP contribution < -0.4 is 5.32 Å². The molecule has 0 bridgehead atoms. The number of benzene rings is 1. The summed E-state index contributed by atoms with van der Waals surface area (Å²) in [5.41, 5.74) is 0.729. The Balaban J connectivity index is 1.88. The van der Waals surface area contributed by atoms with Crippen LogP contribution in [-0.2, 0) is 9.53 Å². The second kappa shape index (κ2) is 7.12. The van der Waals surface area contributed by atoms with Crippen molar-refractivity contribution in [2.75, 3.05) is 11.9 Å². The highest BCUT2D eigenvalue weighted by Crippen LogP contribution is 2.12. The van der Waals surface area contributed by atoms with Crippen molar-refractivity contribution in [3.63, 3.8) is 0 Å². The fourth-order valence-corrected chi connectivity index (χ4v) is 1.73. The quantitative estimate of drug-likeness (QED) is 0.513. The van der Waals surface area contributed by atoms with Gasteiger partial charge in [0.2, 0.25) is 0 Å². The zero-order valence-corrected chi connectivity index (χ0v) is 12.2. The van der Waals surface area contributed by atoms with Gasteiger partial charge in [-0.25, -0.2) is 9.78 Å². The minimum Gasteiger partial charge on any atom is -0.452 e. The Hall–Kier alpha value is -3.29. The molecule has 8 nitrogen and oxygen atoms in total. The first-order valence-electron chi connectivity index (χ1n) is 6.61. The number of pyridine rings is 1. The van der Waals surface area contributed by atoms with Crippen molar-refractivity contribution in [1.82, 2.24) is 4.98 Å². The Morgan fingerprint density at radius 2 is 1.91 bits per heavy atom. The molecular formula is C15H13N3O5. The molecule has 2 aromatic rings. The average molecular weight is 315 g/mol. The number of nitro groups is 1. The Morgan fingerprint density at radius 3 is 2.52 bits per heavy atom. The van der Waals surface area contributed by atoms with Crippen molar-refractivity contribution in [2.45, 2.75) is 6.92 Å². The highest BCUT2D eigenvalue weighted by Gasteiger charge is 2.12. The predicted molar refractivity (Wildman–Crippen MR) is 81.0 cm³/mol. The number of nitro benzene ring substituents is 1. The molecule has 0 fully saturated rings. The van der Waals surface area contributed by atoms with Gasteiger partial charge in [0.05, 0.1) is 10.5 Å². The number of carbonyl (C=O) groups excluding carboxylic acids is 2. The zero-order valence-electron chi connectivity index (χ0n) is 12.2. The first-order chi connectivity index (χ1) is 11.0. The predicted octanol–water partition coefficient (Wildman–Crippen LogP) is 2.09. The molecule has 23 heavy (non-hydrogen) atoms. The van der Waals surface area contributed by atoms with Gasteiger partial charge in [-0.2, -0.15) is 0 Å². The number of esters is 1. The molecule has 0 saturated heterocycles. The van der Waals surface area contributed by atoms with Crippen LogP contribution >= 0.6 is 0 Å². The Bertz CT molecular complexity index is 743. The second-order valence-electron chi connectivity index (χ2n) is 4.59. The van der Waals surface area contributed by atoms with Crippen LogP contribution in [-0.4, -0.2) is 28.4 Å². The molecular weight excluding hydrogens is 302 g/mol. The van der Waals surface area contributed by atoms with Crippen LogP contribution in [0.25, 0.3) is 0 Å². The number of nitrogens with zero attached hydrogens (tertiary/aromatic N) is 2. The first-order valence-corrected chi connectivity index (χ1v) is 6.61. The third-order valence-corrected chi connectivity index (χ3v) is 2.80. The van der Waals surface area contributed by atoms with Gasteiger partial charge >= 0.3 is 5.97 Å². The maximum Gasteiger partial charge on any atom is 0.338 e. The zero-order chi connectivity index (χ0) is 16.8. The maximum absolute atomic E-state index is 11.7. The molecule has 1 aromatic heterocycles. The normalized spacial score (nSPS) is 9.96. The molecule has 2 rings (SSSR count). The lowest BCUT2D eigenvalue weighted by molar-refractivity contribution is -0.384. The smallest absolute Gasteiger partial charge is 0.338 e. The summed E-state index contributed by atoms with van der Waals surface area (Å²) in [6.07, 6.45) is 0. The van der Waals surface area contributed by atoms with Crippen LogP contribution in [0.3, 0.4) is 0 Å². The van der Waals surface area contributed by atoms with E-state index >= 15 is 0 Å². The van der Waals surface area contributed by atoms with Crippen LogP contribution in [0.5, 0.6) is 0 Å². The summed E-state index contributed by atoms with van der Waals surface area (Å²) in [6.45, 7) is 1.30. The number of aryl methyl sites for hydroxylation is 1. The number of non-ortho nitro benzene ring substituents is 1. The van der Waals surface area contributed by atoms with Crippen molar-refractivity contribution in [3.8, 4) is 0 Å². The fourth-order valence-electron chi connectivity index (χ4n) is 1.73. The van der Waals surface area contributed by atoms with Gasteiger partial charge in [0.25, 0.3) is 11.6 Å². The number of aromatic nitrogens is 1. The van der Waals surface area contributed by atoms with Gasteiger partial charge in [-0.1, -0.05) is 6.07 Å². The fraction of sp³-hybridized carbons (Fsp3) is 0.133. The number of carbonyl (C=O) groups is 2. The SMILES string of the molecule is Cc1cccc(NC(=O)COC(=O)c2ccc([N+](=O)[O-])cc2)n1. The highest BCUT2D eigenvalue weighted by molar-refractivity contribution is 5.95. The molecule has 0 radical (unpaired) electrons. The van der Waals surface area contributed by atoms with E-state index in [9.17, 15) is 19.7 Å². The molecule has 1 heterocycles. The minimum absolute atomic E-state index is 0.122. The van der Waals surface area contributed by atoms with E-state index in [1.54, 1.807) is 25.1 Å². The summed E-state index contributed by atoms with van der Waals surface area (Å²) in [5.74, 6) is -0.910. The molecule has 1 aromatic carbocycles. The number of hydrogen-bond donors (Lipinski definition) is 1. The van der Waals surface area contributed by atoms with Crippen molar-refractivity contribution < 1.29 is 19.2 Å². The number of ether oxygens (including phenoxy) is 1. The summed E-state index contributed by atoms with van der Waals surface area (Å²) >= 11 is 0. The molecule has 8 heteroatoms. The Kier molecular flexibility index (Phi) is 4.98. The third-order valence-electron chi connectivity index (χ3n) is 2.80. The number of nitrogens with one attached hydrogen (secondary N) is 1. The van der Waals surface area contributed by atoms with Gasteiger partial charge < -0.3 is 10.1 Å². The molecule has 0 spiro atoms. The molecule has 0 atom stereocenters. The lowest BCUT2D eigenvalue weighted by Crippen LogP contribution is -2.21.